The number of likely N-dealkylation sites (tertiary alicyclic amines) is 1. The zero-order valence-corrected chi connectivity index (χ0v) is 11.7. The fourth-order valence-electron chi connectivity index (χ4n) is 2.66. The van der Waals surface area contributed by atoms with Crippen LogP contribution in [0.4, 0.5) is 13.2 Å². The highest BCUT2D eigenvalue weighted by atomic mass is 19.4. The number of rotatable bonds is 6. The maximum atomic E-state index is 12.3. The first-order valence-corrected chi connectivity index (χ1v) is 6.97. The molecule has 0 aromatic rings. The van der Waals surface area contributed by atoms with Crippen LogP contribution in [0, 0.1) is 5.92 Å². The Balaban J connectivity index is 2.49. The Morgan fingerprint density at radius 1 is 1.32 bits per heavy atom. The van der Waals surface area contributed by atoms with Gasteiger partial charge in [0.15, 0.2) is 0 Å². The summed E-state index contributed by atoms with van der Waals surface area (Å²) in [6.45, 7) is 4.95. The van der Waals surface area contributed by atoms with Crippen LogP contribution in [0.25, 0.3) is 0 Å². The molecule has 6 heteroatoms. The van der Waals surface area contributed by atoms with Crippen LogP contribution in [0.3, 0.4) is 0 Å². The van der Waals surface area contributed by atoms with Gasteiger partial charge >= 0.3 is 6.18 Å². The van der Waals surface area contributed by atoms with E-state index >= 15 is 0 Å². The standard InChI is InChI=1S/C13H25F3N2O/c1-10(2)18-7-11(4-3-5-19)6-12(8-18)17-9-13(14,15)16/h10-12,17,19H,3-9H2,1-2H3. The monoisotopic (exact) mass is 282 g/mol. The van der Waals surface area contributed by atoms with E-state index < -0.39 is 12.7 Å². The highest BCUT2D eigenvalue weighted by Gasteiger charge is 2.32. The number of nitrogens with zero attached hydrogens (tertiary/aromatic N) is 1. The van der Waals surface area contributed by atoms with Gasteiger partial charge in [0.2, 0.25) is 0 Å². The van der Waals surface area contributed by atoms with Gasteiger partial charge in [-0.1, -0.05) is 0 Å². The lowest BCUT2D eigenvalue weighted by atomic mass is 9.89. The van der Waals surface area contributed by atoms with Gasteiger partial charge in [-0.25, -0.2) is 0 Å². The van der Waals surface area contributed by atoms with Crippen molar-refractivity contribution in [3.05, 3.63) is 0 Å². The van der Waals surface area contributed by atoms with Crippen LogP contribution in [0.2, 0.25) is 0 Å². The topological polar surface area (TPSA) is 35.5 Å². The minimum absolute atomic E-state index is 0.110. The highest BCUT2D eigenvalue weighted by molar-refractivity contribution is 4.85. The summed E-state index contributed by atoms with van der Waals surface area (Å²) in [5.41, 5.74) is 0. The average molecular weight is 282 g/mol. The van der Waals surface area contributed by atoms with Crippen LogP contribution in [-0.4, -0.2) is 54.5 Å². The molecule has 2 N–H and O–H groups in total. The molecule has 0 amide bonds. The molecular formula is C13H25F3N2O. The Morgan fingerprint density at radius 2 is 2.00 bits per heavy atom. The molecule has 1 aliphatic rings. The summed E-state index contributed by atoms with van der Waals surface area (Å²) in [5, 5.41) is 11.5. The molecule has 0 saturated carbocycles. The molecule has 1 heterocycles. The Hall–Kier alpha value is -0.330. The number of hydrogen-bond acceptors (Lipinski definition) is 3. The lowest BCUT2D eigenvalue weighted by Crippen LogP contribution is -2.52. The largest absolute Gasteiger partial charge is 0.401 e. The Labute approximate surface area is 113 Å². The van der Waals surface area contributed by atoms with Gasteiger partial charge in [-0.15, -0.1) is 0 Å². The van der Waals surface area contributed by atoms with E-state index in [-0.39, 0.29) is 12.6 Å². The van der Waals surface area contributed by atoms with Crippen molar-refractivity contribution in [1.82, 2.24) is 10.2 Å². The molecule has 2 atom stereocenters. The number of alkyl halides is 3. The predicted octanol–water partition coefficient (Wildman–Crippen LogP) is 2.01. The molecule has 0 bridgehead atoms. The van der Waals surface area contributed by atoms with E-state index in [1.165, 1.54) is 0 Å². The molecule has 114 valence electrons. The van der Waals surface area contributed by atoms with Crippen molar-refractivity contribution in [3.63, 3.8) is 0 Å². The molecule has 0 aromatic heterocycles. The molecule has 3 nitrogen and oxygen atoms in total. The van der Waals surface area contributed by atoms with Crippen LogP contribution in [0.15, 0.2) is 0 Å². The van der Waals surface area contributed by atoms with Crippen molar-refractivity contribution in [2.75, 3.05) is 26.2 Å². The Morgan fingerprint density at radius 3 is 2.53 bits per heavy atom. The molecular weight excluding hydrogens is 257 g/mol. The number of halogens is 3. The first-order valence-electron chi connectivity index (χ1n) is 6.97. The van der Waals surface area contributed by atoms with Crippen molar-refractivity contribution in [1.29, 1.82) is 0 Å². The van der Waals surface area contributed by atoms with E-state index in [1.807, 2.05) is 0 Å². The third-order valence-electron chi connectivity index (χ3n) is 3.66. The van der Waals surface area contributed by atoms with Gasteiger partial charge < -0.3 is 10.4 Å². The van der Waals surface area contributed by atoms with Crippen molar-refractivity contribution in [2.45, 2.75) is 51.4 Å². The zero-order valence-electron chi connectivity index (χ0n) is 11.7. The van der Waals surface area contributed by atoms with Gasteiger partial charge in [-0.2, -0.15) is 13.2 Å². The van der Waals surface area contributed by atoms with E-state index in [0.29, 0.717) is 18.5 Å². The minimum atomic E-state index is -4.15. The van der Waals surface area contributed by atoms with Crippen LogP contribution < -0.4 is 5.32 Å². The van der Waals surface area contributed by atoms with Gasteiger partial charge in [0, 0.05) is 31.8 Å². The molecule has 1 aliphatic heterocycles. The summed E-state index contributed by atoms with van der Waals surface area (Å²) in [6, 6.07) is 0.230. The second-order valence-electron chi connectivity index (χ2n) is 5.71. The molecule has 0 spiro atoms. The Bertz CT molecular complexity index is 259. The molecule has 0 radical (unpaired) electrons. The van der Waals surface area contributed by atoms with Gasteiger partial charge in [0.05, 0.1) is 6.54 Å². The maximum absolute atomic E-state index is 12.3. The van der Waals surface area contributed by atoms with E-state index in [4.69, 9.17) is 5.11 Å². The first-order chi connectivity index (χ1) is 8.81. The smallest absolute Gasteiger partial charge is 0.396 e. The average Bonchev–Trinajstić information content (AvgIpc) is 2.32. The summed E-state index contributed by atoms with van der Waals surface area (Å²) in [6.07, 6.45) is -1.79. The van der Waals surface area contributed by atoms with Crippen molar-refractivity contribution >= 4 is 0 Å². The fourth-order valence-corrected chi connectivity index (χ4v) is 2.66. The summed E-state index contributed by atoms with van der Waals surface area (Å²) >= 11 is 0. The third-order valence-corrected chi connectivity index (χ3v) is 3.66. The van der Waals surface area contributed by atoms with Crippen molar-refractivity contribution in [3.8, 4) is 0 Å². The maximum Gasteiger partial charge on any atom is 0.401 e. The van der Waals surface area contributed by atoms with Crippen LogP contribution in [0.1, 0.15) is 33.1 Å². The van der Waals surface area contributed by atoms with Crippen LogP contribution in [0.5, 0.6) is 0 Å². The molecule has 19 heavy (non-hydrogen) atoms. The van der Waals surface area contributed by atoms with Gasteiger partial charge in [-0.3, -0.25) is 4.90 Å². The lowest BCUT2D eigenvalue weighted by Gasteiger charge is -2.40. The van der Waals surface area contributed by atoms with E-state index in [0.717, 1.165) is 25.8 Å². The zero-order chi connectivity index (χ0) is 14.5. The molecule has 1 fully saturated rings. The number of aliphatic hydroxyl groups excluding tert-OH is 1. The quantitative estimate of drug-likeness (QED) is 0.782. The van der Waals surface area contributed by atoms with E-state index in [1.54, 1.807) is 0 Å². The summed E-state index contributed by atoms with van der Waals surface area (Å²) < 4.78 is 36.8. The van der Waals surface area contributed by atoms with Gasteiger partial charge in [0.1, 0.15) is 0 Å². The van der Waals surface area contributed by atoms with Gasteiger partial charge in [-0.05, 0) is 39.0 Å². The van der Waals surface area contributed by atoms with E-state index in [2.05, 4.69) is 24.1 Å². The highest BCUT2D eigenvalue weighted by Crippen LogP contribution is 2.23. The van der Waals surface area contributed by atoms with Crippen LogP contribution in [-0.2, 0) is 0 Å². The number of aliphatic hydroxyl groups is 1. The summed E-state index contributed by atoms with van der Waals surface area (Å²) in [5.74, 6) is 0.369. The van der Waals surface area contributed by atoms with Crippen molar-refractivity contribution < 1.29 is 18.3 Å². The molecule has 0 aromatic carbocycles. The Kier molecular flexibility index (Phi) is 6.56. The van der Waals surface area contributed by atoms with Crippen LogP contribution >= 0.6 is 0 Å². The SMILES string of the molecule is CC(C)N1CC(CCCO)CC(NCC(F)(F)F)C1. The number of hydrogen-bond donors (Lipinski definition) is 2. The predicted molar refractivity (Wildman–Crippen MR) is 69.0 cm³/mol. The second kappa shape index (κ2) is 7.45. The van der Waals surface area contributed by atoms with E-state index in [9.17, 15) is 13.2 Å². The molecule has 0 aliphatic carbocycles. The lowest BCUT2D eigenvalue weighted by molar-refractivity contribution is -0.127. The molecule has 1 saturated heterocycles. The van der Waals surface area contributed by atoms with Crippen molar-refractivity contribution in [2.24, 2.45) is 5.92 Å². The molecule has 1 rings (SSSR count). The second-order valence-corrected chi connectivity index (χ2v) is 5.71. The van der Waals surface area contributed by atoms with Gasteiger partial charge in [0.25, 0.3) is 0 Å². The number of nitrogens with one attached hydrogen (secondary N) is 1. The summed E-state index contributed by atoms with van der Waals surface area (Å²) in [7, 11) is 0. The summed E-state index contributed by atoms with van der Waals surface area (Å²) in [4.78, 5) is 2.22. The fraction of sp³-hybridized carbons (Fsp3) is 1.00. The number of piperidine rings is 1. The minimum Gasteiger partial charge on any atom is -0.396 e. The molecule has 2 unspecified atom stereocenters. The third kappa shape index (κ3) is 6.58. The first kappa shape index (κ1) is 16.7. The normalized spacial score (nSPS) is 26.1.